The Bertz CT molecular complexity index is 603. The van der Waals surface area contributed by atoms with Gasteiger partial charge in [-0.2, -0.15) is 0 Å². The van der Waals surface area contributed by atoms with Gasteiger partial charge in [0.25, 0.3) is 0 Å². The van der Waals surface area contributed by atoms with Crippen molar-refractivity contribution in [1.29, 1.82) is 0 Å². The van der Waals surface area contributed by atoms with Crippen molar-refractivity contribution in [2.45, 2.75) is 85.1 Å². The fraction of sp³-hybridized carbons (Fsp3) is 0.739. The van der Waals surface area contributed by atoms with Gasteiger partial charge in [0.05, 0.1) is 5.69 Å². The molecule has 26 heavy (non-hydrogen) atoms. The predicted molar refractivity (Wildman–Crippen MR) is 105 cm³/mol. The van der Waals surface area contributed by atoms with E-state index in [1.807, 2.05) is 0 Å². The first kappa shape index (κ1) is 19.6. The Morgan fingerprint density at radius 1 is 0.808 bits per heavy atom. The maximum Gasteiger partial charge on any atom is 0.182 e. The minimum atomic E-state index is -0.729. The quantitative estimate of drug-likeness (QED) is 0.604. The van der Waals surface area contributed by atoms with Crippen molar-refractivity contribution in [1.82, 2.24) is 0 Å². The number of hydrogen-bond acceptors (Lipinski definition) is 1. The number of rotatable bonds is 3. The van der Waals surface area contributed by atoms with E-state index in [1.165, 1.54) is 38.5 Å². The molecule has 2 aliphatic rings. The van der Waals surface area contributed by atoms with Crippen molar-refractivity contribution in [3.63, 3.8) is 0 Å². The van der Waals surface area contributed by atoms with Crippen LogP contribution in [-0.2, 0) is 0 Å². The Morgan fingerprint density at radius 2 is 1.35 bits per heavy atom. The van der Waals surface area contributed by atoms with E-state index in [0.717, 1.165) is 30.6 Å². The highest BCUT2D eigenvalue weighted by atomic mass is 19.2. The van der Waals surface area contributed by atoms with Crippen LogP contribution < -0.4 is 5.32 Å². The number of anilines is 1. The molecule has 0 radical (unpaired) electrons. The molecule has 1 aromatic carbocycles. The lowest BCUT2D eigenvalue weighted by Gasteiger charge is -2.41. The third-order valence-electron chi connectivity index (χ3n) is 7.07. The molecule has 1 nitrogen and oxygen atoms in total. The molecular formula is C23H35F2N. The molecule has 0 heterocycles. The van der Waals surface area contributed by atoms with Gasteiger partial charge in [0.2, 0.25) is 0 Å². The summed E-state index contributed by atoms with van der Waals surface area (Å²) in [5.41, 5.74) is 1.13. The topological polar surface area (TPSA) is 12.0 Å². The van der Waals surface area contributed by atoms with Crippen molar-refractivity contribution in [2.24, 2.45) is 23.2 Å². The first-order chi connectivity index (χ1) is 12.3. The van der Waals surface area contributed by atoms with Gasteiger partial charge in [-0.25, -0.2) is 8.78 Å². The molecule has 1 aromatic rings. The zero-order valence-corrected chi connectivity index (χ0v) is 16.9. The van der Waals surface area contributed by atoms with E-state index in [1.54, 1.807) is 19.1 Å². The van der Waals surface area contributed by atoms with Crippen LogP contribution in [0.5, 0.6) is 0 Å². The van der Waals surface area contributed by atoms with Crippen LogP contribution in [0.1, 0.15) is 77.7 Å². The molecule has 0 unspecified atom stereocenters. The Kier molecular flexibility index (Phi) is 5.94. The van der Waals surface area contributed by atoms with Gasteiger partial charge in [-0.05, 0) is 93.1 Å². The molecular weight excluding hydrogens is 328 g/mol. The molecule has 3 rings (SSSR count). The van der Waals surface area contributed by atoms with Gasteiger partial charge < -0.3 is 5.32 Å². The highest BCUT2D eigenvalue weighted by Crippen LogP contribution is 2.45. The van der Waals surface area contributed by atoms with Crippen molar-refractivity contribution >= 4 is 5.69 Å². The Balaban J connectivity index is 1.49. The summed E-state index contributed by atoms with van der Waals surface area (Å²) in [5, 5.41) is 3.25. The number of aryl methyl sites for hydroxylation is 1. The second-order valence-corrected chi connectivity index (χ2v) is 9.79. The van der Waals surface area contributed by atoms with Crippen molar-refractivity contribution < 1.29 is 8.78 Å². The van der Waals surface area contributed by atoms with E-state index >= 15 is 0 Å². The first-order valence-electron chi connectivity index (χ1n) is 10.5. The molecule has 0 aromatic heterocycles. The van der Waals surface area contributed by atoms with Crippen LogP contribution in [-0.4, -0.2) is 6.04 Å². The van der Waals surface area contributed by atoms with Crippen LogP contribution >= 0.6 is 0 Å². The number of benzene rings is 1. The second-order valence-electron chi connectivity index (χ2n) is 9.79. The molecule has 3 heteroatoms. The minimum absolute atomic E-state index is 0.272. The monoisotopic (exact) mass is 363 g/mol. The van der Waals surface area contributed by atoms with Gasteiger partial charge >= 0.3 is 0 Å². The second kappa shape index (κ2) is 7.86. The summed E-state index contributed by atoms with van der Waals surface area (Å²) in [5.74, 6) is 1.12. The molecule has 146 valence electrons. The van der Waals surface area contributed by atoms with Crippen LogP contribution in [0, 0.1) is 41.7 Å². The van der Waals surface area contributed by atoms with E-state index in [0.29, 0.717) is 16.7 Å². The van der Waals surface area contributed by atoms with E-state index < -0.39 is 11.6 Å². The van der Waals surface area contributed by atoms with Gasteiger partial charge in [-0.3, -0.25) is 0 Å². The molecule has 0 bridgehead atoms. The molecule has 2 fully saturated rings. The smallest absolute Gasteiger partial charge is 0.182 e. The summed E-state index contributed by atoms with van der Waals surface area (Å²) in [7, 11) is 0. The van der Waals surface area contributed by atoms with Crippen molar-refractivity contribution in [3.8, 4) is 0 Å². The summed E-state index contributed by atoms with van der Waals surface area (Å²) in [6.45, 7) is 8.73. The van der Waals surface area contributed by atoms with Crippen molar-refractivity contribution in [2.75, 3.05) is 5.32 Å². The fourth-order valence-electron chi connectivity index (χ4n) is 5.17. The van der Waals surface area contributed by atoms with Gasteiger partial charge in [0, 0.05) is 6.04 Å². The lowest BCUT2D eigenvalue weighted by molar-refractivity contribution is 0.108. The molecule has 2 saturated carbocycles. The Labute approximate surface area is 158 Å². The summed E-state index contributed by atoms with van der Waals surface area (Å²) >= 11 is 0. The van der Waals surface area contributed by atoms with E-state index in [9.17, 15) is 8.78 Å². The van der Waals surface area contributed by atoms with Crippen molar-refractivity contribution in [3.05, 3.63) is 29.3 Å². The van der Waals surface area contributed by atoms with Crippen LogP contribution in [0.25, 0.3) is 0 Å². The van der Waals surface area contributed by atoms with Gasteiger partial charge in [-0.1, -0.05) is 26.8 Å². The van der Waals surface area contributed by atoms with E-state index in [-0.39, 0.29) is 6.04 Å². The minimum Gasteiger partial charge on any atom is -0.380 e. The summed E-state index contributed by atoms with van der Waals surface area (Å²) < 4.78 is 27.8. The SMILES string of the molecule is Cc1ccc(NC2CCC(C3CCC(C(C)(C)C)CC3)CC2)c(F)c1F. The molecule has 1 N–H and O–H groups in total. The Hall–Kier alpha value is -1.12. The average molecular weight is 364 g/mol. The van der Waals surface area contributed by atoms with Gasteiger partial charge in [0.1, 0.15) is 0 Å². The van der Waals surface area contributed by atoms with E-state index in [4.69, 9.17) is 0 Å². The lowest BCUT2D eigenvalue weighted by atomic mass is 9.65. The molecule has 0 saturated heterocycles. The molecule has 0 aliphatic heterocycles. The molecule has 0 amide bonds. The molecule has 2 aliphatic carbocycles. The lowest BCUT2D eigenvalue weighted by Crippen LogP contribution is -2.33. The largest absolute Gasteiger partial charge is 0.380 e. The molecule has 0 atom stereocenters. The molecule has 0 spiro atoms. The maximum absolute atomic E-state index is 14.1. The zero-order chi connectivity index (χ0) is 18.9. The summed E-state index contributed by atoms with van der Waals surface area (Å²) in [6.07, 6.45) is 10.1. The highest BCUT2D eigenvalue weighted by Gasteiger charge is 2.34. The maximum atomic E-state index is 14.1. The van der Waals surface area contributed by atoms with Crippen LogP contribution in [0.15, 0.2) is 12.1 Å². The van der Waals surface area contributed by atoms with Crippen LogP contribution in [0.4, 0.5) is 14.5 Å². The standard InChI is InChI=1S/C23H35F2N/c1-15-5-14-20(22(25)21(15)24)26-19-12-8-17(9-13-19)16-6-10-18(11-7-16)23(2,3)4/h5,14,16-19,26H,6-13H2,1-4H3. The third-order valence-corrected chi connectivity index (χ3v) is 7.07. The fourth-order valence-corrected chi connectivity index (χ4v) is 5.17. The van der Waals surface area contributed by atoms with Crippen LogP contribution in [0.3, 0.4) is 0 Å². The van der Waals surface area contributed by atoms with Gasteiger partial charge in [0.15, 0.2) is 11.6 Å². The third kappa shape index (κ3) is 4.40. The van der Waals surface area contributed by atoms with E-state index in [2.05, 4.69) is 26.1 Å². The number of nitrogens with one attached hydrogen (secondary N) is 1. The Morgan fingerprint density at radius 3 is 1.88 bits per heavy atom. The first-order valence-corrected chi connectivity index (χ1v) is 10.5. The summed E-state index contributed by atoms with van der Waals surface area (Å²) in [4.78, 5) is 0. The number of halogens is 2. The van der Waals surface area contributed by atoms with Gasteiger partial charge in [-0.15, -0.1) is 0 Å². The number of hydrogen-bond donors (Lipinski definition) is 1. The predicted octanol–water partition coefficient (Wildman–Crippen LogP) is 7.10. The normalized spacial score (nSPS) is 30.2. The van der Waals surface area contributed by atoms with Crippen LogP contribution in [0.2, 0.25) is 0 Å². The zero-order valence-electron chi connectivity index (χ0n) is 16.9. The highest BCUT2D eigenvalue weighted by molar-refractivity contribution is 5.47. The average Bonchev–Trinajstić information content (AvgIpc) is 2.62. The summed E-state index contributed by atoms with van der Waals surface area (Å²) in [6, 6.07) is 3.60.